The van der Waals surface area contributed by atoms with Crippen molar-refractivity contribution < 1.29 is 0 Å². The van der Waals surface area contributed by atoms with E-state index >= 15 is 0 Å². The molecule has 0 unspecified atom stereocenters. The largest absolute Gasteiger partial charge is 0.0988 e. The first kappa shape index (κ1) is 11.2. The summed E-state index contributed by atoms with van der Waals surface area (Å²) in [5.41, 5.74) is 2.73. The lowest BCUT2D eigenvalue weighted by Gasteiger charge is -2.02. The predicted molar refractivity (Wildman–Crippen MR) is 57.2 cm³/mol. The molecule has 0 aliphatic carbocycles. The molecule has 0 spiro atoms. The Morgan fingerprint density at radius 3 is 2.42 bits per heavy atom. The van der Waals surface area contributed by atoms with Crippen LogP contribution in [0.3, 0.4) is 0 Å². The lowest BCUT2D eigenvalue weighted by Crippen LogP contribution is -1.82. The molecular weight excluding hydrogens is 144 g/mol. The molecule has 68 valence electrons. The molecule has 0 amide bonds. The van der Waals surface area contributed by atoms with E-state index in [4.69, 9.17) is 0 Å². The van der Waals surface area contributed by atoms with E-state index in [1.165, 1.54) is 17.6 Å². The second-order valence-corrected chi connectivity index (χ2v) is 2.97. The minimum absolute atomic E-state index is 1.11. The third-order valence-corrected chi connectivity index (χ3v) is 1.89. The molecule has 0 aromatic carbocycles. The van der Waals surface area contributed by atoms with E-state index in [1.807, 2.05) is 6.08 Å². The predicted octanol–water partition coefficient (Wildman–Crippen LogP) is 4.26. The zero-order chi connectivity index (χ0) is 9.40. The SMILES string of the molecule is C=CC(C)=C(C=CCC)CCC. The number of hydrogen-bond acceptors (Lipinski definition) is 0. The van der Waals surface area contributed by atoms with Crippen molar-refractivity contribution in [2.24, 2.45) is 0 Å². The van der Waals surface area contributed by atoms with Gasteiger partial charge in [0.2, 0.25) is 0 Å². The quantitative estimate of drug-likeness (QED) is 0.533. The zero-order valence-corrected chi connectivity index (χ0v) is 8.56. The van der Waals surface area contributed by atoms with Gasteiger partial charge in [0.05, 0.1) is 0 Å². The number of hydrogen-bond donors (Lipinski definition) is 0. The Bertz CT molecular complexity index is 182. The van der Waals surface area contributed by atoms with Crippen molar-refractivity contribution in [2.45, 2.75) is 40.0 Å². The second-order valence-electron chi connectivity index (χ2n) is 2.97. The van der Waals surface area contributed by atoms with Crippen molar-refractivity contribution in [3.63, 3.8) is 0 Å². The van der Waals surface area contributed by atoms with Crippen LogP contribution in [-0.2, 0) is 0 Å². The first-order valence-corrected chi connectivity index (χ1v) is 4.74. The van der Waals surface area contributed by atoms with E-state index in [1.54, 1.807) is 0 Å². The third-order valence-electron chi connectivity index (χ3n) is 1.89. The van der Waals surface area contributed by atoms with Crippen LogP contribution in [0.25, 0.3) is 0 Å². The molecule has 0 aliphatic rings. The summed E-state index contributed by atoms with van der Waals surface area (Å²) in [6.07, 6.45) is 9.84. The summed E-state index contributed by atoms with van der Waals surface area (Å²) in [5.74, 6) is 0. The molecule has 0 rings (SSSR count). The molecule has 0 saturated carbocycles. The van der Waals surface area contributed by atoms with Gasteiger partial charge in [0.15, 0.2) is 0 Å². The molecule has 0 saturated heterocycles. The van der Waals surface area contributed by atoms with E-state index in [0.29, 0.717) is 0 Å². The normalized spacial score (nSPS) is 13.2. The highest BCUT2D eigenvalue weighted by molar-refractivity contribution is 5.30. The lowest BCUT2D eigenvalue weighted by atomic mass is 10.0. The highest BCUT2D eigenvalue weighted by Gasteiger charge is 1.93. The molecule has 0 aromatic heterocycles. The van der Waals surface area contributed by atoms with Gasteiger partial charge in [-0.3, -0.25) is 0 Å². The number of allylic oxidation sites excluding steroid dienone is 5. The molecule has 0 N–H and O–H groups in total. The average molecular weight is 164 g/mol. The molecule has 0 aromatic rings. The van der Waals surface area contributed by atoms with Gasteiger partial charge in [-0.2, -0.15) is 0 Å². The summed E-state index contributed by atoms with van der Waals surface area (Å²) in [5, 5.41) is 0. The van der Waals surface area contributed by atoms with E-state index in [0.717, 1.165) is 12.8 Å². The van der Waals surface area contributed by atoms with E-state index in [-0.39, 0.29) is 0 Å². The van der Waals surface area contributed by atoms with E-state index < -0.39 is 0 Å². The van der Waals surface area contributed by atoms with Crippen molar-refractivity contribution >= 4 is 0 Å². The van der Waals surface area contributed by atoms with Crippen molar-refractivity contribution in [1.29, 1.82) is 0 Å². The van der Waals surface area contributed by atoms with Crippen LogP contribution in [0, 0.1) is 0 Å². The number of rotatable bonds is 5. The Labute approximate surface area is 76.7 Å². The summed E-state index contributed by atoms with van der Waals surface area (Å²) in [6.45, 7) is 10.3. The first-order valence-electron chi connectivity index (χ1n) is 4.74. The monoisotopic (exact) mass is 164 g/mol. The molecule has 0 fully saturated rings. The van der Waals surface area contributed by atoms with Gasteiger partial charge in [-0.1, -0.05) is 45.1 Å². The van der Waals surface area contributed by atoms with Gasteiger partial charge < -0.3 is 0 Å². The lowest BCUT2D eigenvalue weighted by molar-refractivity contribution is 0.916. The van der Waals surface area contributed by atoms with Gasteiger partial charge in [-0.25, -0.2) is 0 Å². The maximum atomic E-state index is 3.78. The van der Waals surface area contributed by atoms with Crippen LogP contribution in [0.4, 0.5) is 0 Å². The maximum Gasteiger partial charge on any atom is -0.0279 e. The zero-order valence-electron chi connectivity index (χ0n) is 8.56. The van der Waals surface area contributed by atoms with Gasteiger partial charge in [0.25, 0.3) is 0 Å². The smallest absolute Gasteiger partial charge is 0.0279 e. The Morgan fingerprint density at radius 1 is 1.33 bits per heavy atom. The van der Waals surface area contributed by atoms with E-state index in [2.05, 4.69) is 39.5 Å². The highest BCUT2D eigenvalue weighted by atomic mass is 14.0. The summed E-state index contributed by atoms with van der Waals surface area (Å²) in [4.78, 5) is 0. The fourth-order valence-electron chi connectivity index (χ4n) is 1.07. The van der Waals surface area contributed by atoms with E-state index in [9.17, 15) is 0 Å². The Kier molecular flexibility index (Phi) is 6.45. The second kappa shape index (κ2) is 6.90. The molecule has 0 atom stereocenters. The van der Waals surface area contributed by atoms with Crippen molar-refractivity contribution in [1.82, 2.24) is 0 Å². The summed E-state index contributed by atoms with van der Waals surface area (Å²) in [6, 6.07) is 0. The topological polar surface area (TPSA) is 0 Å². The fraction of sp³-hybridized carbons (Fsp3) is 0.500. The molecule has 0 radical (unpaired) electrons. The average Bonchev–Trinajstić information content (AvgIpc) is 2.11. The molecule has 0 bridgehead atoms. The molecule has 0 aliphatic heterocycles. The van der Waals surface area contributed by atoms with Crippen LogP contribution in [0.2, 0.25) is 0 Å². The Balaban J connectivity index is 4.41. The fourth-order valence-corrected chi connectivity index (χ4v) is 1.07. The summed E-state index contributed by atoms with van der Waals surface area (Å²) in [7, 11) is 0. The summed E-state index contributed by atoms with van der Waals surface area (Å²) < 4.78 is 0. The highest BCUT2D eigenvalue weighted by Crippen LogP contribution is 2.13. The van der Waals surface area contributed by atoms with Crippen molar-refractivity contribution in [3.8, 4) is 0 Å². The van der Waals surface area contributed by atoms with Gasteiger partial charge >= 0.3 is 0 Å². The summed E-state index contributed by atoms with van der Waals surface area (Å²) >= 11 is 0. The van der Waals surface area contributed by atoms with Crippen LogP contribution >= 0.6 is 0 Å². The minimum atomic E-state index is 1.11. The van der Waals surface area contributed by atoms with Crippen LogP contribution in [0.5, 0.6) is 0 Å². The van der Waals surface area contributed by atoms with Gasteiger partial charge in [0, 0.05) is 0 Å². The van der Waals surface area contributed by atoms with Crippen molar-refractivity contribution in [3.05, 3.63) is 36.0 Å². The maximum absolute atomic E-state index is 3.78. The molecule has 0 heterocycles. The Morgan fingerprint density at radius 2 is 2.00 bits per heavy atom. The van der Waals surface area contributed by atoms with Crippen LogP contribution in [0.15, 0.2) is 36.0 Å². The van der Waals surface area contributed by atoms with Crippen LogP contribution < -0.4 is 0 Å². The molecule has 12 heavy (non-hydrogen) atoms. The molecule has 0 nitrogen and oxygen atoms in total. The molecule has 0 heteroatoms. The van der Waals surface area contributed by atoms with Gasteiger partial charge in [0.1, 0.15) is 0 Å². The Hall–Kier alpha value is -0.780. The minimum Gasteiger partial charge on any atom is -0.0988 e. The van der Waals surface area contributed by atoms with Crippen molar-refractivity contribution in [2.75, 3.05) is 0 Å². The van der Waals surface area contributed by atoms with Gasteiger partial charge in [-0.05, 0) is 30.9 Å². The molecular formula is C12H20. The third kappa shape index (κ3) is 4.17. The standard InChI is InChI=1S/C12H20/c1-5-8-10-12(9-6-2)11(4)7-3/h7-8,10H,3,5-6,9H2,1-2,4H3. The van der Waals surface area contributed by atoms with Crippen LogP contribution in [0.1, 0.15) is 40.0 Å². The van der Waals surface area contributed by atoms with Crippen LogP contribution in [-0.4, -0.2) is 0 Å². The first-order chi connectivity index (χ1) is 5.76. The van der Waals surface area contributed by atoms with Gasteiger partial charge in [-0.15, -0.1) is 0 Å².